The van der Waals surface area contributed by atoms with Crippen molar-refractivity contribution in [3.63, 3.8) is 0 Å². The summed E-state index contributed by atoms with van der Waals surface area (Å²) in [5.74, 6) is 0.127. The van der Waals surface area contributed by atoms with Gasteiger partial charge in [0, 0.05) is 49.5 Å². The minimum Gasteiger partial charge on any atom is -0.368 e. The van der Waals surface area contributed by atoms with E-state index in [1.165, 1.54) is 0 Å². The lowest BCUT2D eigenvalue weighted by Crippen LogP contribution is -2.48. The summed E-state index contributed by atoms with van der Waals surface area (Å²) in [6.45, 7) is 5.21. The molecule has 5 nitrogen and oxygen atoms in total. The van der Waals surface area contributed by atoms with Gasteiger partial charge in [-0.2, -0.15) is 0 Å². The molecule has 0 unspecified atom stereocenters. The van der Waals surface area contributed by atoms with Gasteiger partial charge in [0.15, 0.2) is 0 Å². The van der Waals surface area contributed by atoms with Crippen molar-refractivity contribution in [1.82, 2.24) is 4.90 Å². The third kappa shape index (κ3) is 5.17. The largest absolute Gasteiger partial charge is 0.368 e. The van der Waals surface area contributed by atoms with Crippen LogP contribution in [0.4, 0.5) is 11.4 Å². The second-order valence-corrected chi connectivity index (χ2v) is 8.06. The number of piperazine rings is 1. The van der Waals surface area contributed by atoms with Crippen LogP contribution in [0.15, 0.2) is 78.9 Å². The van der Waals surface area contributed by atoms with Gasteiger partial charge in [-0.15, -0.1) is 0 Å². The first-order valence-electron chi connectivity index (χ1n) is 11.2. The predicted octanol–water partition coefficient (Wildman–Crippen LogP) is 5.05. The van der Waals surface area contributed by atoms with Crippen molar-refractivity contribution < 1.29 is 9.59 Å². The number of carbonyl (C=O) groups excluding carboxylic acids is 2. The van der Waals surface area contributed by atoms with E-state index in [9.17, 15) is 9.59 Å². The van der Waals surface area contributed by atoms with E-state index in [1.54, 1.807) is 0 Å². The van der Waals surface area contributed by atoms with Gasteiger partial charge in [0.25, 0.3) is 5.91 Å². The van der Waals surface area contributed by atoms with Crippen molar-refractivity contribution in [3.8, 4) is 11.1 Å². The minimum atomic E-state index is -0.125. The molecule has 0 spiro atoms. The zero-order valence-electron chi connectivity index (χ0n) is 18.5. The standard InChI is InChI=1S/C27H29N3O2/c1-2-6-26(31)30-19-17-29(18-20-30)25-15-13-24(14-16-25)28-27(32)23-11-9-22(10-12-23)21-7-4-3-5-8-21/h3-5,7-16H,2,6,17-20H2,1H3,(H,28,32). The third-order valence-corrected chi connectivity index (χ3v) is 5.84. The highest BCUT2D eigenvalue weighted by Crippen LogP contribution is 2.22. The van der Waals surface area contributed by atoms with E-state index in [-0.39, 0.29) is 11.8 Å². The molecule has 1 aliphatic rings. The number of benzene rings is 3. The topological polar surface area (TPSA) is 52.7 Å². The highest BCUT2D eigenvalue weighted by atomic mass is 16.2. The normalized spacial score (nSPS) is 13.7. The van der Waals surface area contributed by atoms with E-state index in [0.717, 1.165) is 55.1 Å². The molecule has 0 aromatic heterocycles. The van der Waals surface area contributed by atoms with Crippen molar-refractivity contribution in [3.05, 3.63) is 84.4 Å². The Hall–Kier alpha value is -3.60. The van der Waals surface area contributed by atoms with E-state index >= 15 is 0 Å². The maximum atomic E-state index is 12.6. The van der Waals surface area contributed by atoms with Crippen molar-refractivity contribution in [2.45, 2.75) is 19.8 Å². The van der Waals surface area contributed by atoms with Gasteiger partial charge < -0.3 is 15.1 Å². The fraction of sp³-hybridized carbons (Fsp3) is 0.259. The van der Waals surface area contributed by atoms with Crippen LogP contribution in [0, 0.1) is 0 Å². The summed E-state index contributed by atoms with van der Waals surface area (Å²) in [4.78, 5) is 28.9. The first kappa shape index (κ1) is 21.6. The van der Waals surface area contributed by atoms with Crippen LogP contribution in [-0.4, -0.2) is 42.9 Å². The molecule has 1 fully saturated rings. The smallest absolute Gasteiger partial charge is 0.255 e. The molecule has 32 heavy (non-hydrogen) atoms. The number of carbonyl (C=O) groups is 2. The quantitative estimate of drug-likeness (QED) is 0.599. The van der Waals surface area contributed by atoms with Gasteiger partial charge in [-0.1, -0.05) is 49.4 Å². The molecule has 3 aromatic rings. The SMILES string of the molecule is CCCC(=O)N1CCN(c2ccc(NC(=O)c3ccc(-c4ccccc4)cc3)cc2)CC1. The van der Waals surface area contributed by atoms with Crippen molar-refractivity contribution in [2.75, 3.05) is 36.4 Å². The van der Waals surface area contributed by atoms with Gasteiger partial charge in [-0.05, 0) is 53.9 Å². The minimum absolute atomic E-state index is 0.125. The molecule has 0 radical (unpaired) electrons. The molecule has 0 bridgehead atoms. The number of nitrogens with zero attached hydrogens (tertiary/aromatic N) is 2. The molecular formula is C27H29N3O2. The van der Waals surface area contributed by atoms with E-state index < -0.39 is 0 Å². The van der Waals surface area contributed by atoms with Gasteiger partial charge in [-0.25, -0.2) is 0 Å². The molecule has 3 aromatic carbocycles. The highest BCUT2D eigenvalue weighted by Gasteiger charge is 2.20. The Balaban J connectivity index is 1.33. The average Bonchev–Trinajstić information content (AvgIpc) is 2.85. The van der Waals surface area contributed by atoms with Crippen LogP contribution in [0.3, 0.4) is 0 Å². The average molecular weight is 428 g/mol. The van der Waals surface area contributed by atoms with Gasteiger partial charge in [-0.3, -0.25) is 9.59 Å². The van der Waals surface area contributed by atoms with E-state index in [4.69, 9.17) is 0 Å². The van der Waals surface area contributed by atoms with Gasteiger partial charge in [0.2, 0.25) is 5.91 Å². The molecule has 1 heterocycles. The molecular weight excluding hydrogens is 398 g/mol. The monoisotopic (exact) mass is 427 g/mol. The number of rotatable bonds is 6. The van der Waals surface area contributed by atoms with Crippen LogP contribution >= 0.6 is 0 Å². The first-order valence-corrected chi connectivity index (χ1v) is 11.2. The third-order valence-electron chi connectivity index (χ3n) is 5.84. The van der Waals surface area contributed by atoms with Gasteiger partial charge >= 0.3 is 0 Å². The lowest BCUT2D eigenvalue weighted by molar-refractivity contribution is -0.131. The maximum Gasteiger partial charge on any atom is 0.255 e. The van der Waals surface area contributed by atoms with Crippen LogP contribution in [0.25, 0.3) is 11.1 Å². The lowest BCUT2D eigenvalue weighted by Gasteiger charge is -2.36. The van der Waals surface area contributed by atoms with Gasteiger partial charge in [0.05, 0.1) is 0 Å². The van der Waals surface area contributed by atoms with Crippen LogP contribution in [-0.2, 0) is 4.79 Å². The summed E-state index contributed by atoms with van der Waals surface area (Å²) >= 11 is 0. The Labute approximate surface area is 189 Å². The number of hydrogen-bond acceptors (Lipinski definition) is 3. The highest BCUT2D eigenvalue weighted by molar-refractivity contribution is 6.04. The second kappa shape index (κ2) is 10.1. The summed E-state index contributed by atoms with van der Waals surface area (Å²) in [6, 6.07) is 25.7. The Morgan fingerprint density at radius 1 is 0.781 bits per heavy atom. The van der Waals surface area contributed by atoms with Crippen LogP contribution in [0.5, 0.6) is 0 Å². The Morgan fingerprint density at radius 2 is 1.41 bits per heavy atom. The second-order valence-electron chi connectivity index (χ2n) is 8.06. The van der Waals surface area contributed by atoms with Crippen LogP contribution in [0.2, 0.25) is 0 Å². The first-order chi connectivity index (χ1) is 15.6. The number of hydrogen-bond donors (Lipinski definition) is 1. The van der Waals surface area contributed by atoms with Crippen LogP contribution < -0.4 is 10.2 Å². The summed E-state index contributed by atoms with van der Waals surface area (Å²) in [6.07, 6.45) is 1.52. The number of nitrogens with one attached hydrogen (secondary N) is 1. The lowest BCUT2D eigenvalue weighted by atomic mass is 10.0. The molecule has 1 N–H and O–H groups in total. The molecule has 2 amide bonds. The number of amides is 2. The molecule has 5 heteroatoms. The van der Waals surface area contributed by atoms with Crippen molar-refractivity contribution in [1.29, 1.82) is 0 Å². The fourth-order valence-electron chi connectivity index (χ4n) is 3.99. The van der Waals surface area contributed by atoms with Crippen LogP contribution in [0.1, 0.15) is 30.1 Å². The summed E-state index contributed by atoms with van der Waals surface area (Å²) in [5, 5.41) is 2.97. The van der Waals surface area contributed by atoms with Crippen molar-refractivity contribution >= 4 is 23.2 Å². The van der Waals surface area contributed by atoms with E-state index in [0.29, 0.717) is 12.0 Å². The molecule has 0 aliphatic carbocycles. The Bertz CT molecular complexity index is 1040. The molecule has 0 atom stereocenters. The zero-order chi connectivity index (χ0) is 22.3. The maximum absolute atomic E-state index is 12.6. The Kier molecular flexibility index (Phi) is 6.85. The fourth-order valence-corrected chi connectivity index (χ4v) is 3.99. The Morgan fingerprint density at radius 3 is 2.03 bits per heavy atom. The molecule has 4 rings (SSSR count). The van der Waals surface area contributed by atoms with E-state index in [1.807, 2.05) is 78.6 Å². The molecule has 1 saturated heterocycles. The number of anilines is 2. The van der Waals surface area contributed by atoms with E-state index in [2.05, 4.69) is 22.3 Å². The predicted molar refractivity (Wildman–Crippen MR) is 130 cm³/mol. The summed E-state index contributed by atoms with van der Waals surface area (Å²) in [7, 11) is 0. The summed E-state index contributed by atoms with van der Waals surface area (Å²) in [5.41, 5.74) is 4.72. The molecule has 164 valence electrons. The van der Waals surface area contributed by atoms with Crippen molar-refractivity contribution in [2.24, 2.45) is 0 Å². The van der Waals surface area contributed by atoms with Gasteiger partial charge in [0.1, 0.15) is 0 Å². The zero-order valence-corrected chi connectivity index (χ0v) is 18.5. The molecule has 1 aliphatic heterocycles. The molecule has 0 saturated carbocycles. The summed E-state index contributed by atoms with van der Waals surface area (Å²) < 4.78 is 0.